The molecule has 5 heteroatoms. The molecule has 0 unspecified atom stereocenters. The van der Waals surface area contributed by atoms with E-state index in [4.69, 9.17) is 16.0 Å². The zero-order valence-corrected chi connectivity index (χ0v) is 13.3. The monoisotopic (exact) mass is 318 g/mol. The minimum absolute atomic E-state index is 0.136. The third-order valence-corrected chi connectivity index (χ3v) is 4.42. The topological polar surface area (TPSA) is 46.3 Å². The van der Waals surface area contributed by atoms with Crippen LogP contribution in [-0.2, 0) is 10.7 Å². The van der Waals surface area contributed by atoms with Gasteiger partial charge in [0, 0.05) is 31.5 Å². The van der Waals surface area contributed by atoms with Crippen molar-refractivity contribution in [1.29, 1.82) is 0 Å². The molecule has 0 atom stereocenters. The van der Waals surface area contributed by atoms with Gasteiger partial charge >= 0.3 is 0 Å². The van der Waals surface area contributed by atoms with E-state index in [2.05, 4.69) is 4.98 Å². The highest BCUT2D eigenvalue weighted by molar-refractivity contribution is 6.17. The molecule has 1 saturated heterocycles. The third kappa shape index (κ3) is 3.02. The lowest BCUT2D eigenvalue weighted by Gasteiger charge is -2.29. The Morgan fingerprint density at radius 3 is 2.59 bits per heavy atom. The molecule has 1 aromatic carbocycles. The number of oxazole rings is 1. The quantitative estimate of drug-likeness (QED) is 0.808. The van der Waals surface area contributed by atoms with Gasteiger partial charge in [0.15, 0.2) is 11.7 Å². The molecule has 1 fully saturated rings. The van der Waals surface area contributed by atoms with Crippen molar-refractivity contribution in [2.45, 2.75) is 31.6 Å². The lowest BCUT2D eigenvalue weighted by molar-refractivity contribution is -0.129. The van der Waals surface area contributed by atoms with E-state index in [0.717, 1.165) is 48.8 Å². The van der Waals surface area contributed by atoms with Crippen LogP contribution in [0.3, 0.4) is 0 Å². The molecule has 3 rings (SSSR count). The number of carbonyl (C=O) groups is 1. The van der Waals surface area contributed by atoms with Gasteiger partial charge in [-0.05, 0) is 12.8 Å². The molecule has 0 N–H and O–H groups in total. The number of hydrogen-bond donors (Lipinski definition) is 0. The first kappa shape index (κ1) is 15.1. The first-order valence-corrected chi connectivity index (χ1v) is 8.09. The second-order valence-electron chi connectivity index (χ2n) is 5.61. The van der Waals surface area contributed by atoms with Crippen molar-refractivity contribution in [2.75, 3.05) is 13.1 Å². The maximum Gasteiger partial charge on any atom is 0.219 e. The molecule has 1 aliphatic heterocycles. The Morgan fingerprint density at radius 1 is 1.32 bits per heavy atom. The van der Waals surface area contributed by atoms with Crippen LogP contribution in [0.4, 0.5) is 0 Å². The van der Waals surface area contributed by atoms with Gasteiger partial charge < -0.3 is 9.32 Å². The zero-order chi connectivity index (χ0) is 15.5. The van der Waals surface area contributed by atoms with Crippen molar-refractivity contribution in [3.8, 4) is 11.3 Å². The maximum atomic E-state index is 11.4. The summed E-state index contributed by atoms with van der Waals surface area (Å²) in [5.41, 5.74) is 1.79. The molecular formula is C17H19ClN2O2. The minimum atomic E-state index is 0.136. The van der Waals surface area contributed by atoms with Crippen LogP contribution in [0.5, 0.6) is 0 Å². The van der Waals surface area contributed by atoms with E-state index in [-0.39, 0.29) is 11.8 Å². The Bertz CT molecular complexity index is 646. The van der Waals surface area contributed by atoms with Crippen molar-refractivity contribution in [3.63, 3.8) is 0 Å². The predicted molar refractivity (Wildman–Crippen MR) is 85.7 cm³/mol. The highest BCUT2D eigenvalue weighted by Gasteiger charge is 2.27. The molecule has 1 amide bonds. The molecule has 4 nitrogen and oxygen atoms in total. The largest absolute Gasteiger partial charge is 0.440 e. The molecule has 0 spiro atoms. The van der Waals surface area contributed by atoms with Crippen molar-refractivity contribution >= 4 is 17.5 Å². The summed E-state index contributed by atoms with van der Waals surface area (Å²) in [5.74, 6) is 2.24. The van der Waals surface area contributed by atoms with Gasteiger partial charge in [0.2, 0.25) is 5.91 Å². The van der Waals surface area contributed by atoms with Gasteiger partial charge in [-0.25, -0.2) is 4.98 Å². The molecular weight excluding hydrogens is 300 g/mol. The summed E-state index contributed by atoms with van der Waals surface area (Å²) in [6, 6.07) is 9.91. The number of hydrogen-bond acceptors (Lipinski definition) is 3. The SMILES string of the molecule is CC(=O)N1CCC(c2nc(CCl)c(-c3ccccc3)o2)CC1. The molecule has 1 aliphatic rings. The van der Waals surface area contributed by atoms with Crippen LogP contribution in [0.25, 0.3) is 11.3 Å². The number of rotatable bonds is 3. The van der Waals surface area contributed by atoms with Gasteiger partial charge in [0.25, 0.3) is 0 Å². The molecule has 2 aromatic rings. The fourth-order valence-electron chi connectivity index (χ4n) is 2.89. The highest BCUT2D eigenvalue weighted by Crippen LogP contribution is 2.33. The van der Waals surface area contributed by atoms with Crippen LogP contribution >= 0.6 is 11.6 Å². The number of piperidine rings is 1. The van der Waals surface area contributed by atoms with E-state index in [0.29, 0.717) is 5.88 Å². The van der Waals surface area contributed by atoms with E-state index in [1.807, 2.05) is 35.2 Å². The zero-order valence-electron chi connectivity index (χ0n) is 12.6. The molecule has 22 heavy (non-hydrogen) atoms. The number of carbonyl (C=O) groups excluding carboxylic acids is 1. The van der Waals surface area contributed by atoms with Crippen molar-refractivity contribution in [2.24, 2.45) is 0 Å². The Labute approximate surface area is 135 Å². The normalized spacial score (nSPS) is 16.0. The van der Waals surface area contributed by atoms with Gasteiger partial charge in [-0.3, -0.25) is 4.79 Å². The first-order valence-electron chi connectivity index (χ1n) is 7.55. The molecule has 0 bridgehead atoms. The van der Waals surface area contributed by atoms with E-state index >= 15 is 0 Å². The fraction of sp³-hybridized carbons (Fsp3) is 0.412. The van der Waals surface area contributed by atoms with Crippen LogP contribution in [0, 0.1) is 0 Å². The number of benzene rings is 1. The van der Waals surface area contributed by atoms with E-state index in [1.54, 1.807) is 6.92 Å². The average Bonchev–Trinajstić information content (AvgIpc) is 3.00. The third-order valence-electron chi connectivity index (χ3n) is 4.17. The van der Waals surface area contributed by atoms with Gasteiger partial charge in [-0.2, -0.15) is 0 Å². The summed E-state index contributed by atoms with van der Waals surface area (Å²) in [4.78, 5) is 17.9. The van der Waals surface area contributed by atoms with Crippen molar-refractivity contribution in [1.82, 2.24) is 9.88 Å². The Balaban J connectivity index is 1.81. The number of likely N-dealkylation sites (tertiary alicyclic amines) is 1. The lowest BCUT2D eigenvalue weighted by Crippen LogP contribution is -2.36. The second kappa shape index (κ2) is 6.53. The fourth-order valence-corrected chi connectivity index (χ4v) is 3.07. The molecule has 116 valence electrons. The second-order valence-corrected chi connectivity index (χ2v) is 5.88. The van der Waals surface area contributed by atoms with E-state index < -0.39 is 0 Å². The van der Waals surface area contributed by atoms with E-state index in [9.17, 15) is 4.79 Å². The van der Waals surface area contributed by atoms with Gasteiger partial charge in [-0.15, -0.1) is 11.6 Å². The first-order chi connectivity index (χ1) is 10.7. The van der Waals surface area contributed by atoms with Crippen molar-refractivity contribution in [3.05, 3.63) is 41.9 Å². The van der Waals surface area contributed by atoms with Gasteiger partial charge in [0.05, 0.1) is 5.88 Å². The number of alkyl halides is 1. The average molecular weight is 319 g/mol. The highest BCUT2D eigenvalue weighted by atomic mass is 35.5. The minimum Gasteiger partial charge on any atom is -0.440 e. The van der Waals surface area contributed by atoms with Crippen LogP contribution in [0.1, 0.15) is 37.3 Å². The number of amides is 1. The molecule has 1 aromatic heterocycles. The Kier molecular flexibility index (Phi) is 4.48. The Hall–Kier alpha value is -1.81. The summed E-state index contributed by atoms with van der Waals surface area (Å²) < 4.78 is 6.03. The number of halogens is 1. The molecule has 0 radical (unpaired) electrons. The summed E-state index contributed by atoms with van der Waals surface area (Å²) >= 11 is 6.02. The Morgan fingerprint density at radius 2 is 2.00 bits per heavy atom. The van der Waals surface area contributed by atoms with Gasteiger partial charge in [-0.1, -0.05) is 30.3 Å². The van der Waals surface area contributed by atoms with Crippen LogP contribution in [0.2, 0.25) is 0 Å². The maximum absolute atomic E-state index is 11.4. The van der Waals surface area contributed by atoms with Crippen LogP contribution in [-0.4, -0.2) is 28.9 Å². The summed E-state index contributed by atoms with van der Waals surface area (Å²) in [5, 5.41) is 0. The summed E-state index contributed by atoms with van der Waals surface area (Å²) in [6.07, 6.45) is 1.77. The molecule has 2 heterocycles. The number of aromatic nitrogens is 1. The predicted octanol–water partition coefficient (Wildman–Crippen LogP) is 3.81. The van der Waals surface area contributed by atoms with Gasteiger partial charge in [0.1, 0.15) is 5.69 Å². The van der Waals surface area contributed by atoms with Crippen molar-refractivity contribution < 1.29 is 9.21 Å². The summed E-state index contributed by atoms with van der Waals surface area (Å²) in [7, 11) is 0. The standard InChI is InChI=1S/C17H19ClN2O2/c1-12(21)20-9-7-14(8-10-20)17-19-15(11-18)16(22-17)13-5-3-2-4-6-13/h2-6,14H,7-11H2,1H3. The lowest BCUT2D eigenvalue weighted by atomic mass is 9.97. The number of nitrogens with zero attached hydrogens (tertiary/aromatic N) is 2. The smallest absolute Gasteiger partial charge is 0.219 e. The molecule has 0 aliphatic carbocycles. The van der Waals surface area contributed by atoms with Crippen LogP contribution in [0.15, 0.2) is 34.7 Å². The summed E-state index contributed by atoms with van der Waals surface area (Å²) in [6.45, 7) is 3.14. The van der Waals surface area contributed by atoms with Crippen LogP contribution < -0.4 is 0 Å². The van der Waals surface area contributed by atoms with E-state index in [1.165, 1.54) is 0 Å². The molecule has 0 saturated carbocycles.